The molecule has 0 aromatic heterocycles. The molecule has 0 aliphatic carbocycles. The third-order valence-electron chi connectivity index (χ3n) is 2.87. The van der Waals surface area contributed by atoms with Crippen molar-refractivity contribution in [3.05, 3.63) is 63.1 Å². The molecule has 0 fully saturated rings. The molecule has 2 rings (SSSR count). The predicted molar refractivity (Wildman–Crippen MR) is 101 cm³/mol. The van der Waals surface area contributed by atoms with Gasteiger partial charge in [-0.25, -0.2) is 4.79 Å². The Morgan fingerprint density at radius 3 is 2.61 bits per heavy atom. The van der Waals surface area contributed by atoms with Gasteiger partial charge in [0.05, 0.1) is 10.0 Å². The van der Waals surface area contributed by atoms with Crippen LogP contribution in [0.25, 0.3) is 0 Å². The number of benzene rings is 2. The number of carbonyl (C=O) groups excluding carboxylic acids is 1. The van der Waals surface area contributed by atoms with E-state index in [0.29, 0.717) is 27.3 Å². The van der Waals surface area contributed by atoms with Gasteiger partial charge in [0.25, 0.3) is 0 Å². The number of anilines is 1. The van der Waals surface area contributed by atoms with Crippen LogP contribution in [0, 0.1) is 0 Å². The van der Waals surface area contributed by atoms with Crippen molar-refractivity contribution in [3.8, 4) is 0 Å². The van der Waals surface area contributed by atoms with Gasteiger partial charge < -0.3 is 10.6 Å². The van der Waals surface area contributed by atoms with Gasteiger partial charge >= 0.3 is 6.03 Å². The normalized spacial score (nSPS) is 10.4. The third kappa shape index (κ3) is 6.51. The number of amides is 2. The van der Waals surface area contributed by atoms with Crippen LogP contribution in [0.2, 0.25) is 15.1 Å². The van der Waals surface area contributed by atoms with Gasteiger partial charge in [-0.1, -0.05) is 46.9 Å². The van der Waals surface area contributed by atoms with Gasteiger partial charge in [0, 0.05) is 28.8 Å². The van der Waals surface area contributed by atoms with Crippen molar-refractivity contribution in [1.29, 1.82) is 0 Å². The van der Waals surface area contributed by atoms with Crippen LogP contribution in [0.5, 0.6) is 0 Å². The minimum Gasteiger partial charge on any atom is -0.337 e. The van der Waals surface area contributed by atoms with Gasteiger partial charge in [-0.3, -0.25) is 0 Å². The largest absolute Gasteiger partial charge is 0.337 e. The average Bonchev–Trinajstić information content (AvgIpc) is 2.50. The van der Waals surface area contributed by atoms with Crippen molar-refractivity contribution < 1.29 is 4.79 Å². The van der Waals surface area contributed by atoms with Crippen LogP contribution in [-0.4, -0.2) is 18.3 Å². The number of carbonyl (C=O) groups is 1. The maximum absolute atomic E-state index is 11.7. The summed E-state index contributed by atoms with van der Waals surface area (Å²) in [4.78, 5) is 11.7. The Kier molecular flexibility index (Phi) is 7.37. The monoisotopic (exact) mass is 388 g/mol. The fraction of sp³-hybridized carbons (Fsp3) is 0.188. The molecule has 0 radical (unpaired) electrons. The molecule has 3 nitrogen and oxygen atoms in total. The Balaban J connectivity index is 1.65. The minimum absolute atomic E-state index is 0.248. The third-order valence-corrected chi connectivity index (χ3v) is 4.87. The minimum atomic E-state index is -0.248. The maximum Gasteiger partial charge on any atom is 0.319 e. The summed E-state index contributed by atoms with van der Waals surface area (Å²) in [6, 6.07) is 12.4. The zero-order valence-corrected chi connectivity index (χ0v) is 15.2. The van der Waals surface area contributed by atoms with Crippen LogP contribution in [0.1, 0.15) is 5.56 Å². The highest BCUT2D eigenvalue weighted by Gasteiger charge is 2.02. The maximum atomic E-state index is 11.7. The van der Waals surface area contributed by atoms with Gasteiger partial charge in [0.1, 0.15) is 0 Å². The quantitative estimate of drug-likeness (QED) is 0.622. The number of rotatable bonds is 6. The standard InChI is InChI=1S/C16H15Cl3N2OS/c17-12-2-1-3-13(9-12)21-16(22)20-6-7-23-10-11-4-5-14(18)15(19)8-11/h1-5,8-9H,6-7,10H2,(H2,20,21,22). The molecule has 0 aliphatic rings. The molecular weight excluding hydrogens is 375 g/mol. The summed E-state index contributed by atoms with van der Waals surface area (Å²) in [5.74, 6) is 1.61. The molecule has 2 aromatic rings. The summed E-state index contributed by atoms with van der Waals surface area (Å²) in [6.45, 7) is 0.568. The summed E-state index contributed by atoms with van der Waals surface area (Å²) in [7, 11) is 0. The molecule has 0 heterocycles. The Morgan fingerprint density at radius 1 is 1.04 bits per heavy atom. The lowest BCUT2D eigenvalue weighted by molar-refractivity contribution is 0.252. The summed E-state index contributed by atoms with van der Waals surface area (Å²) in [5.41, 5.74) is 1.77. The van der Waals surface area contributed by atoms with E-state index in [1.54, 1.807) is 42.1 Å². The molecule has 122 valence electrons. The van der Waals surface area contributed by atoms with Crippen LogP contribution < -0.4 is 10.6 Å². The van der Waals surface area contributed by atoms with Gasteiger partial charge in [-0.05, 0) is 35.9 Å². The number of thioether (sulfide) groups is 1. The average molecular weight is 390 g/mol. The molecule has 2 N–H and O–H groups in total. The first-order chi connectivity index (χ1) is 11.0. The molecule has 0 saturated heterocycles. The molecule has 7 heteroatoms. The van der Waals surface area contributed by atoms with E-state index in [0.717, 1.165) is 17.1 Å². The smallest absolute Gasteiger partial charge is 0.319 e. The Morgan fingerprint density at radius 2 is 1.87 bits per heavy atom. The second-order valence-corrected chi connectivity index (χ2v) is 7.05. The Hall–Kier alpha value is -1.07. The second kappa shape index (κ2) is 9.28. The molecule has 0 saturated carbocycles. The lowest BCUT2D eigenvalue weighted by Crippen LogP contribution is -2.30. The van der Waals surface area contributed by atoms with E-state index >= 15 is 0 Å². The zero-order chi connectivity index (χ0) is 16.7. The number of hydrogen-bond donors (Lipinski definition) is 2. The Labute approximate surface area is 154 Å². The molecule has 0 bridgehead atoms. The first-order valence-corrected chi connectivity index (χ1v) is 9.15. The number of urea groups is 1. The van der Waals surface area contributed by atoms with Crippen molar-refractivity contribution in [3.63, 3.8) is 0 Å². The lowest BCUT2D eigenvalue weighted by Gasteiger charge is -2.08. The SMILES string of the molecule is O=C(NCCSCc1ccc(Cl)c(Cl)c1)Nc1cccc(Cl)c1. The van der Waals surface area contributed by atoms with E-state index in [-0.39, 0.29) is 6.03 Å². The van der Waals surface area contributed by atoms with E-state index in [1.165, 1.54) is 0 Å². The number of hydrogen-bond acceptors (Lipinski definition) is 2. The van der Waals surface area contributed by atoms with E-state index in [2.05, 4.69) is 10.6 Å². The highest BCUT2D eigenvalue weighted by Crippen LogP contribution is 2.24. The molecule has 2 aromatic carbocycles. The van der Waals surface area contributed by atoms with Gasteiger partial charge in [0.15, 0.2) is 0 Å². The van der Waals surface area contributed by atoms with E-state index in [4.69, 9.17) is 34.8 Å². The first-order valence-electron chi connectivity index (χ1n) is 6.86. The fourth-order valence-corrected chi connectivity index (χ4v) is 3.11. The lowest BCUT2D eigenvalue weighted by atomic mass is 10.2. The van der Waals surface area contributed by atoms with Crippen molar-refractivity contribution in [1.82, 2.24) is 5.32 Å². The summed E-state index contributed by atoms with van der Waals surface area (Å²) >= 11 is 19.4. The van der Waals surface area contributed by atoms with Crippen LogP contribution in [-0.2, 0) is 5.75 Å². The van der Waals surface area contributed by atoms with Crippen LogP contribution >= 0.6 is 46.6 Å². The first kappa shape index (κ1) is 18.3. The van der Waals surface area contributed by atoms with Crippen molar-refractivity contribution in [2.24, 2.45) is 0 Å². The van der Waals surface area contributed by atoms with Crippen molar-refractivity contribution in [2.75, 3.05) is 17.6 Å². The summed E-state index contributed by atoms with van der Waals surface area (Å²) in [6.07, 6.45) is 0. The molecular formula is C16H15Cl3N2OS. The van der Waals surface area contributed by atoms with Gasteiger partial charge in [-0.15, -0.1) is 0 Å². The van der Waals surface area contributed by atoms with E-state index in [1.807, 2.05) is 12.1 Å². The van der Waals surface area contributed by atoms with E-state index < -0.39 is 0 Å². The van der Waals surface area contributed by atoms with Crippen LogP contribution in [0.4, 0.5) is 10.5 Å². The second-order valence-electron chi connectivity index (χ2n) is 4.69. The molecule has 2 amide bonds. The topological polar surface area (TPSA) is 41.1 Å². The fourth-order valence-electron chi connectivity index (χ4n) is 1.80. The number of halogens is 3. The number of nitrogens with one attached hydrogen (secondary N) is 2. The molecule has 0 spiro atoms. The zero-order valence-electron chi connectivity index (χ0n) is 12.1. The van der Waals surface area contributed by atoms with Crippen LogP contribution in [0.15, 0.2) is 42.5 Å². The summed E-state index contributed by atoms with van der Waals surface area (Å²) < 4.78 is 0. The van der Waals surface area contributed by atoms with Crippen molar-refractivity contribution in [2.45, 2.75) is 5.75 Å². The molecule has 23 heavy (non-hydrogen) atoms. The molecule has 0 unspecified atom stereocenters. The Bertz CT molecular complexity index is 682. The van der Waals surface area contributed by atoms with E-state index in [9.17, 15) is 4.79 Å². The molecule has 0 aliphatic heterocycles. The van der Waals surface area contributed by atoms with Crippen molar-refractivity contribution >= 4 is 58.3 Å². The molecule has 0 atom stereocenters. The highest BCUT2D eigenvalue weighted by atomic mass is 35.5. The van der Waals surface area contributed by atoms with Gasteiger partial charge in [0.2, 0.25) is 0 Å². The predicted octanol–water partition coefficient (Wildman–Crippen LogP) is 5.70. The highest BCUT2D eigenvalue weighted by molar-refractivity contribution is 7.98. The summed E-state index contributed by atoms with van der Waals surface area (Å²) in [5, 5.41) is 7.22. The van der Waals surface area contributed by atoms with Gasteiger partial charge in [-0.2, -0.15) is 11.8 Å². The van der Waals surface area contributed by atoms with Crippen LogP contribution in [0.3, 0.4) is 0 Å².